The van der Waals surface area contributed by atoms with Gasteiger partial charge in [-0.05, 0) is 0 Å². The predicted molar refractivity (Wildman–Crippen MR) is 50.9 cm³/mol. The lowest BCUT2D eigenvalue weighted by Gasteiger charge is -2.17. The average Bonchev–Trinajstić information content (AvgIpc) is 3.00. The molecule has 2 N–H and O–H groups in total. The number of hydrogen-bond acceptors (Lipinski definition) is 5. The van der Waals surface area contributed by atoms with Crippen molar-refractivity contribution in [3.05, 3.63) is 32.9 Å². The first-order chi connectivity index (χ1) is 8.11. The van der Waals surface area contributed by atoms with Crippen molar-refractivity contribution in [2.24, 2.45) is 0 Å². The van der Waals surface area contributed by atoms with Gasteiger partial charge in [-0.15, -0.1) is 0 Å². The summed E-state index contributed by atoms with van der Waals surface area (Å²) in [7, 11) is 0. The lowest BCUT2D eigenvalue weighted by Crippen LogP contribution is -2.36. The quantitative estimate of drug-likeness (QED) is 0.606. The van der Waals surface area contributed by atoms with Gasteiger partial charge in [-0.2, -0.15) is 4.39 Å². The van der Waals surface area contributed by atoms with E-state index in [9.17, 15) is 14.0 Å². The lowest BCUT2D eigenvalue weighted by molar-refractivity contribution is -0.0859. The summed E-state index contributed by atoms with van der Waals surface area (Å²) in [6, 6.07) is 0. The Labute approximate surface area is 93.4 Å². The van der Waals surface area contributed by atoms with Crippen molar-refractivity contribution in [1.82, 2.24) is 9.55 Å². The van der Waals surface area contributed by atoms with Crippen LogP contribution in [-0.2, 0) is 9.47 Å². The Morgan fingerprint density at radius 2 is 2.18 bits per heavy atom. The van der Waals surface area contributed by atoms with Gasteiger partial charge in [0, 0.05) is 0 Å². The molecule has 0 aliphatic carbocycles. The fourth-order valence-electron chi connectivity index (χ4n) is 2.02. The summed E-state index contributed by atoms with van der Waals surface area (Å²) < 4.78 is 24.5. The van der Waals surface area contributed by atoms with Crippen LogP contribution in [0.5, 0.6) is 0 Å². The van der Waals surface area contributed by atoms with E-state index in [2.05, 4.69) is 0 Å². The van der Waals surface area contributed by atoms with Crippen LogP contribution < -0.4 is 11.2 Å². The summed E-state index contributed by atoms with van der Waals surface area (Å²) in [5.41, 5.74) is -1.84. The first-order valence-corrected chi connectivity index (χ1v) is 5.04. The zero-order valence-electron chi connectivity index (χ0n) is 8.50. The molecule has 92 valence electrons. The Hall–Kier alpha value is -1.51. The van der Waals surface area contributed by atoms with E-state index in [0.717, 1.165) is 10.8 Å². The number of nitrogens with zero attached hydrogens (tertiary/aromatic N) is 1. The molecule has 0 spiro atoms. The van der Waals surface area contributed by atoms with Crippen molar-refractivity contribution in [3.63, 3.8) is 0 Å². The number of halogens is 1. The van der Waals surface area contributed by atoms with Gasteiger partial charge in [-0.3, -0.25) is 14.3 Å². The second-order valence-corrected chi connectivity index (χ2v) is 3.96. The van der Waals surface area contributed by atoms with Gasteiger partial charge in [0.2, 0.25) is 5.82 Å². The highest BCUT2D eigenvalue weighted by atomic mass is 19.1. The zero-order chi connectivity index (χ0) is 12.2. The Bertz CT molecular complexity index is 567. The molecule has 2 fully saturated rings. The minimum Gasteiger partial charge on any atom is -0.394 e. The Balaban J connectivity index is 1.98. The van der Waals surface area contributed by atoms with Gasteiger partial charge in [0.25, 0.3) is 5.56 Å². The molecule has 7 nitrogen and oxygen atoms in total. The molecule has 2 aliphatic heterocycles. The van der Waals surface area contributed by atoms with E-state index < -0.39 is 29.4 Å². The van der Waals surface area contributed by atoms with Crippen molar-refractivity contribution in [3.8, 4) is 0 Å². The highest BCUT2D eigenvalue weighted by Crippen LogP contribution is 2.43. The van der Waals surface area contributed by atoms with Crippen LogP contribution in [0.4, 0.5) is 4.39 Å². The number of aliphatic hydroxyl groups excluding tert-OH is 1. The highest BCUT2D eigenvalue weighted by molar-refractivity contribution is 5.03. The number of aliphatic hydroxyl groups is 1. The van der Waals surface area contributed by atoms with Gasteiger partial charge in [-0.1, -0.05) is 0 Å². The number of rotatable bonds is 2. The van der Waals surface area contributed by atoms with E-state index >= 15 is 0 Å². The van der Waals surface area contributed by atoms with Crippen LogP contribution >= 0.6 is 0 Å². The summed E-state index contributed by atoms with van der Waals surface area (Å²) in [6.07, 6.45) is -1.20. The van der Waals surface area contributed by atoms with Crippen LogP contribution in [0.25, 0.3) is 0 Å². The molecule has 2 aliphatic rings. The fourth-order valence-corrected chi connectivity index (χ4v) is 2.02. The molecule has 0 saturated carbocycles. The second kappa shape index (κ2) is 3.49. The molecule has 0 radical (unpaired) electrons. The van der Waals surface area contributed by atoms with Gasteiger partial charge < -0.3 is 14.6 Å². The van der Waals surface area contributed by atoms with Crippen LogP contribution in [0.3, 0.4) is 0 Å². The number of H-pyrrole nitrogens is 1. The first-order valence-electron chi connectivity index (χ1n) is 5.04. The van der Waals surface area contributed by atoms with E-state index in [0.29, 0.717) is 0 Å². The van der Waals surface area contributed by atoms with Gasteiger partial charge >= 0.3 is 5.69 Å². The van der Waals surface area contributed by atoms with Gasteiger partial charge in [0.15, 0.2) is 6.23 Å². The maximum atomic E-state index is 13.1. The molecule has 17 heavy (non-hydrogen) atoms. The normalized spacial score (nSPS) is 34.7. The molecule has 8 heteroatoms. The van der Waals surface area contributed by atoms with E-state index in [1.54, 1.807) is 0 Å². The maximum absolute atomic E-state index is 13.1. The van der Waals surface area contributed by atoms with Gasteiger partial charge in [0.1, 0.15) is 18.3 Å². The van der Waals surface area contributed by atoms with Crippen molar-refractivity contribution in [2.45, 2.75) is 24.5 Å². The second-order valence-electron chi connectivity index (χ2n) is 3.96. The molecule has 0 aromatic carbocycles. The number of fused-ring (bicyclic) bond motifs is 1. The van der Waals surface area contributed by atoms with E-state index in [4.69, 9.17) is 14.6 Å². The average molecular weight is 244 g/mol. The summed E-state index contributed by atoms with van der Waals surface area (Å²) >= 11 is 0. The fraction of sp³-hybridized carbons (Fsp3) is 0.556. The van der Waals surface area contributed by atoms with Crippen LogP contribution in [0.1, 0.15) is 6.23 Å². The van der Waals surface area contributed by atoms with Crippen LogP contribution in [0, 0.1) is 5.82 Å². The van der Waals surface area contributed by atoms with E-state index in [-0.39, 0.29) is 18.8 Å². The summed E-state index contributed by atoms with van der Waals surface area (Å²) in [6.45, 7) is -0.238. The number of hydrogen-bond donors (Lipinski definition) is 2. The number of aromatic nitrogens is 2. The van der Waals surface area contributed by atoms with E-state index in [1.807, 2.05) is 4.98 Å². The first kappa shape index (κ1) is 10.6. The SMILES string of the molecule is O=c1[nH]c(=O)n(C2OC(CO)C3OC32)cc1F. The third kappa shape index (κ3) is 1.53. The zero-order valence-corrected chi connectivity index (χ0v) is 8.50. The molecular formula is C9H9FN2O5. The van der Waals surface area contributed by atoms with Crippen molar-refractivity contribution < 1.29 is 19.0 Å². The van der Waals surface area contributed by atoms with Crippen molar-refractivity contribution in [2.75, 3.05) is 6.61 Å². The topological polar surface area (TPSA) is 96.9 Å². The smallest absolute Gasteiger partial charge is 0.330 e. The number of epoxide rings is 1. The standard InChI is InChI=1S/C9H9FN2O5/c10-3-1-12(9(15)11-7(3)14)8-6-5(17-6)4(2-13)16-8/h1,4-6,8,13H,2H2,(H,11,14,15). The van der Waals surface area contributed by atoms with Gasteiger partial charge in [0.05, 0.1) is 12.8 Å². The largest absolute Gasteiger partial charge is 0.394 e. The lowest BCUT2D eigenvalue weighted by atomic mass is 10.2. The Morgan fingerprint density at radius 1 is 1.41 bits per heavy atom. The third-order valence-electron chi connectivity index (χ3n) is 2.90. The third-order valence-corrected chi connectivity index (χ3v) is 2.90. The monoisotopic (exact) mass is 244 g/mol. The molecule has 3 rings (SSSR count). The molecular weight excluding hydrogens is 235 g/mol. The summed E-state index contributed by atoms with van der Waals surface area (Å²) in [5, 5.41) is 8.97. The summed E-state index contributed by atoms with van der Waals surface area (Å²) in [5.74, 6) is -1.07. The molecule has 0 amide bonds. The summed E-state index contributed by atoms with van der Waals surface area (Å²) in [4.78, 5) is 24.2. The molecule has 4 unspecified atom stereocenters. The molecule has 0 bridgehead atoms. The molecule has 3 heterocycles. The number of aromatic amines is 1. The minimum absolute atomic E-state index is 0.238. The van der Waals surface area contributed by atoms with Crippen LogP contribution in [-0.4, -0.2) is 39.6 Å². The molecule has 2 saturated heterocycles. The van der Waals surface area contributed by atoms with Crippen molar-refractivity contribution in [1.29, 1.82) is 0 Å². The van der Waals surface area contributed by atoms with Crippen LogP contribution in [0.2, 0.25) is 0 Å². The molecule has 1 aromatic rings. The predicted octanol–water partition coefficient (Wildman–Crippen LogP) is -1.67. The highest BCUT2D eigenvalue weighted by Gasteiger charge is 2.58. The Kier molecular flexibility index (Phi) is 2.18. The van der Waals surface area contributed by atoms with Crippen molar-refractivity contribution >= 4 is 0 Å². The molecule has 1 aromatic heterocycles. The maximum Gasteiger partial charge on any atom is 0.330 e. The minimum atomic E-state index is -1.07. The number of nitrogens with one attached hydrogen (secondary N) is 1. The van der Waals surface area contributed by atoms with E-state index in [1.165, 1.54) is 0 Å². The Morgan fingerprint density at radius 3 is 2.82 bits per heavy atom. The molecule has 4 atom stereocenters. The van der Waals surface area contributed by atoms with Gasteiger partial charge in [-0.25, -0.2) is 4.79 Å². The number of ether oxygens (including phenoxy) is 2. The van der Waals surface area contributed by atoms with Crippen LogP contribution in [0.15, 0.2) is 15.8 Å².